The van der Waals surface area contributed by atoms with Gasteiger partial charge in [-0.2, -0.15) is 0 Å². The third-order valence-corrected chi connectivity index (χ3v) is 5.44. The van der Waals surface area contributed by atoms with Crippen molar-refractivity contribution in [1.29, 1.82) is 0 Å². The van der Waals surface area contributed by atoms with Crippen LogP contribution in [0.4, 0.5) is 0 Å². The molecule has 1 aliphatic rings. The van der Waals surface area contributed by atoms with Gasteiger partial charge >= 0.3 is 5.97 Å². The second-order valence-corrected chi connectivity index (χ2v) is 7.77. The molecular weight excluding hydrogens is 431 g/mol. The van der Waals surface area contributed by atoms with Gasteiger partial charge in [0.25, 0.3) is 0 Å². The average molecular weight is 446 g/mol. The van der Waals surface area contributed by atoms with Gasteiger partial charge in [0.05, 0.1) is 5.57 Å². The van der Waals surface area contributed by atoms with E-state index in [0.717, 1.165) is 22.3 Å². The first-order valence-corrected chi connectivity index (χ1v) is 9.98. The van der Waals surface area contributed by atoms with E-state index in [-0.39, 0.29) is 12.6 Å². The molecule has 6 heteroatoms. The van der Waals surface area contributed by atoms with Crippen molar-refractivity contribution in [3.05, 3.63) is 98.5 Å². The van der Waals surface area contributed by atoms with Crippen LogP contribution in [0.2, 0.25) is 15.1 Å². The van der Waals surface area contributed by atoms with Gasteiger partial charge in [-0.1, -0.05) is 65.1 Å². The molecule has 146 valence electrons. The van der Waals surface area contributed by atoms with Crippen molar-refractivity contribution < 1.29 is 14.3 Å². The number of esters is 1. The monoisotopic (exact) mass is 444 g/mol. The molecule has 1 aliphatic heterocycles. The molecule has 0 amide bonds. The van der Waals surface area contributed by atoms with Gasteiger partial charge in [-0.15, -0.1) is 0 Å². The second-order valence-electron chi connectivity index (χ2n) is 6.49. The van der Waals surface area contributed by atoms with Crippen molar-refractivity contribution in [3.8, 4) is 5.75 Å². The summed E-state index contributed by atoms with van der Waals surface area (Å²) in [5, 5.41) is 1.78. The Balaban J connectivity index is 1.55. The van der Waals surface area contributed by atoms with Gasteiger partial charge in [0.1, 0.15) is 19.0 Å². The number of carbonyl (C=O) groups is 1. The van der Waals surface area contributed by atoms with E-state index in [0.29, 0.717) is 33.0 Å². The minimum atomic E-state index is -0.337. The minimum Gasteiger partial charge on any atom is -0.489 e. The molecule has 0 aliphatic carbocycles. The van der Waals surface area contributed by atoms with Crippen molar-refractivity contribution >= 4 is 51.9 Å². The molecule has 0 radical (unpaired) electrons. The molecule has 0 N–H and O–H groups in total. The summed E-state index contributed by atoms with van der Waals surface area (Å²) in [5.74, 6) is 0.330. The van der Waals surface area contributed by atoms with Crippen molar-refractivity contribution in [2.75, 3.05) is 6.61 Å². The van der Waals surface area contributed by atoms with Crippen molar-refractivity contribution in [2.24, 2.45) is 0 Å². The van der Waals surface area contributed by atoms with Crippen LogP contribution >= 0.6 is 34.8 Å². The molecule has 0 saturated carbocycles. The first-order valence-electron chi connectivity index (χ1n) is 8.84. The lowest BCUT2D eigenvalue weighted by Crippen LogP contribution is -1.99. The SMILES string of the molecule is O=C1OCC(c2ccc(Cl)cc2)=C1c1ccc(OCc2ccc(Cl)cc2Cl)cc1. The molecule has 4 rings (SSSR count). The third-order valence-electron chi connectivity index (χ3n) is 4.60. The molecular formula is C23H15Cl3O3. The standard InChI is InChI=1S/C23H15Cl3O3/c24-17-6-1-14(2-7-17)20-13-29-23(27)22(20)15-4-9-19(10-5-15)28-12-16-3-8-18(25)11-21(16)26/h1-11H,12-13H2. The predicted octanol–water partition coefficient (Wildman–Crippen LogP) is 6.69. The van der Waals surface area contributed by atoms with E-state index in [1.807, 2.05) is 42.5 Å². The molecule has 0 fully saturated rings. The molecule has 0 saturated heterocycles. The van der Waals surface area contributed by atoms with Gasteiger partial charge in [-0.05, 0) is 47.5 Å². The summed E-state index contributed by atoms with van der Waals surface area (Å²) in [5.41, 5.74) is 3.92. The summed E-state index contributed by atoms with van der Waals surface area (Å²) >= 11 is 18.1. The minimum absolute atomic E-state index is 0.239. The fraction of sp³-hybridized carbons (Fsp3) is 0.0870. The number of rotatable bonds is 5. The van der Waals surface area contributed by atoms with Gasteiger partial charge < -0.3 is 9.47 Å². The number of halogens is 3. The lowest BCUT2D eigenvalue weighted by molar-refractivity contribution is -0.133. The van der Waals surface area contributed by atoms with Crippen LogP contribution in [0.1, 0.15) is 16.7 Å². The molecule has 3 aromatic carbocycles. The average Bonchev–Trinajstić information content (AvgIpc) is 3.10. The lowest BCUT2D eigenvalue weighted by Gasteiger charge is -2.09. The van der Waals surface area contributed by atoms with Crippen LogP contribution in [0.3, 0.4) is 0 Å². The Morgan fingerprint density at radius 3 is 2.17 bits per heavy atom. The summed E-state index contributed by atoms with van der Waals surface area (Å²) in [4.78, 5) is 12.3. The Morgan fingerprint density at radius 2 is 1.48 bits per heavy atom. The van der Waals surface area contributed by atoms with Gasteiger partial charge in [0, 0.05) is 26.2 Å². The molecule has 0 aromatic heterocycles. The highest BCUT2D eigenvalue weighted by molar-refractivity contribution is 6.35. The maximum absolute atomic E-state index is 12.3. The van der Waals surface area contributed by atoms with Gasteiger partial charge in [-0.25, -0.2) is 4.79 Å². The summed E-state index contributed by atoms with van der Waals surface area (Å²) < 4.78 is 11.1. The molecule has 3 aromatic rings. The quantitative estimate of drug-likeness (QED) is 0.410. The van der Waals surface area contributed by atoms with Gasteiger partial charge in [0.2, 0.25) is 0 Å². The van der Waals surface area contributed by atoms with E-state index in [9.17, 15) is 4.79 Å². The largest absolute Gasteiger partial charge is 0.489 e. The molecule has 3 nitrogen and oxygen atoms in total. The van der Waals surface area contributed by atoms with E-state index in [2.05, 4.69) is 0 Å². The highest BCUT2D eigenvalue weighted by Gasteiger charge is 2.27. The molecule has 29 heavy (non-hydrogen) atoms. The van der Waals surface area contributed by atoms with E-state index in [1.54, 1.807) is 24.3 Å². The number of carbonyl (C=O) groups excluding carboxylic acids is 1. The normalized spacial score (nSPS) is 13.6. The highest BCUT2D eigenvalue weighted by Crippen LogP contribution is 2.34. The second kappa shape index (κ2) is 8.50. The Kier molecular flexibility index (Phi) is 5.81. The number of cyclic esters (lactones) is 1. The molecule has 0 unspecified atom stereocenters. The van der Waals surface area contributed by atoms with E-state index >= 15 is 0 Å². The number of ether oxygens (including phenoxy) is 2. The summed E-state index contributed by atoms with van der Waals surface area (Å²) in [6.45, 7) is 0.555. The maximum Gasteiger partial charge on any atom is 0.339 e. The summed E-state index contributed by atoms with van der Waals surface area (Å²) in [6, 6.07) is 20.0. The van der Waals surface area contributed by atoms with E-state index in [4.69, 9.17) is 44.3 Å². The Hall–Kier alpha value is -2.46. The lowest BCUT2D eigenvalue weighted by atomic mass is 9.97. The number of hydrogen-bond acceptors (Lipinski definition) is 3. The zero-order valence-corrected chi connectivity index (χ0v) is 17.4. The predicted molar refractivity (Wildman–Crippen MR) is 116 cm³/mol. The fourth-order valence-electron chi connectivity index (χ4n) is 3.09. The zero-order valence-electron chi connectivity index (χ0n) is 15.1. The molecule has 0 atom stereocenters. The smallest absolute Gasteiger partial charge is 0.339 e. The number of benzene rings is 3. The first kappa shape index (κ1) is 19.8. The fourth-order valence-corrected chi connectivity index (χ4v) is 3.68. The Bertz CT molecular complexity index is 1090. The van der Waals surface area contributed by atoms with Crippen molar-refractivity contribution in [3.63, 3.8) is 0 Å². The van der Waals surface area contributed by atoms with Crippen LogP contribution in [0.15, 0.2) is 66.7 Å². The van der Waals surface area contributed by atoms with E-state index in [1.165, 1.54) is 0 Å². The van der Waals surface area contributed by atoms with Crippen LogP contribution in [-0.2, 0) is 16.1 Å². The highest BCUT2D eigenvalue weighted by atomic mass is 35.5. The maximum atomic E-state index is 12.3. The van der Waals surface area contributed by atoms with E-state index < -0.39 is 0 Å². The van der Waals surface area contributed by atoms with Crippen LogP contribution in [0.5, 0.6) is 5.75 Å². The Labute approximate surface area is 183 Å². The Morgan fingerprint density at radius 1 is 0.828 bits per heavy atom. The van der Waals surface area contributed by atoms with Crippen LogP contribution in [0.25, 0.3) is 11.1 Å². The summed E-state index contributed by atoms with van der Waals surface area (Å²) in [7, 11) is 0. The van der Waals surface area contributed by atoms with Crippen molar-refractivity contribution in [2.45, 2.75) is 6.61 Å². The third kappa shape index (κ3) is 4.43. The topological polar surface area (TPSA) is 35.5 Å². The first-order chi connectivity index (χ1) is 14.0. The van der Waals surface area contributed by atoms with Crippen LogP contribution in [0, 0.1) is 0 Å². The number of hydrogen-bond donors (Lipinski definition) is 0. The molecule has 0 spiro atoms. The van der Waals surface area contributed by atoms with Crippen LogP contribution < -0.4 is 4.74 Å². The van der Waals surface area contributed by atoms with Gasteiger partial charge in [-0.3, -0.25) is 0 Å². The van der Waals surface area contributed by atoms with Crippen molar-refractivity contribution in [1.82, 2.24) is 0 Å². The van der Waals surface area contributed by atoms with Gasteiger partial charge in [0.15, 0.2) is 0 Å². The molecule has 0 bridgehead atoms. The zero-order chi connectivity index (χ0) is 20.4. The molecule has 1 heterocycles. The van der Waals surface area contributed by atoms with Crippen LogP contribution in [-0.4, -0.2) is 12.6 Å². The summed E-state index contributed by atoms with van der Waals surface area (Å²) in [6.07, 6.45) is 0.